The molecule has 0 spiro atoms. The fourth-order valence-electron chi connectivity index (χ4n) is 1.00. The third-order valence-corrected chi connectivity index (χ3v) is 1.67. The zero-order valence-corrected chi connectivity index (χ0v) is 9.65. The van der Waals surface area contributed by atoms with Crippen LogP contribution in [0.4, 0.5) is 5.69 Å². The van der Waals surface area contributed by atoms with Crippen molar-refractivity contribution in [3.05, 3.63) is 67.3 Å². The van der Waals surface area contributed by atoms with Crippen LogP contribution in [0.1, 0.15) is 0 Å². The Morgan fingerprint density at radius 3 is 1.93 bits per heavy atom. The van der Waals surface area contributed by atoms with E-state index < -0.39 is 0 Å². The number of nitrogens with one attached hydrogen (secondary N) is 1. The molecule has 1 N–H and O–H groups in total. The van der Waals surface area contributed by atoms with Gasteiger partial charge in [-0.25, -0.2) is 12.1 Å². The van der Waals surface area contributed by atoms with Crippen LogP contribution in [-0.2, 0) is 17.1 Å². The van der Waals surface area contributed by atoms with Gasteiger partial charge in [-0.2, -0.15) is 12.1 Å². The van der Waals surface area contributed by atoms with Gasteiger partial charge in [0.1, 0.15) is 0 Å². The molecule has 2 aromatic rings. The summed E-state index contributed by atoms with van der Waals surface area (Å²) in [6.07, 6.45) is 1.84. The fraction of sp³-hybridized carbons (Fsp3) is 0.0769. The molecule has 86 valence electrons. The Hall–Kier alpha value is -1.24. The van der Waals surface area contributed by atoms with Crippen molar-refractivity contribution < 1.29 is 17.1 Å². The molecule has 0 aliphatic rings. The van der Waals surface area contributed by atoms with E-state index in [2.05, 4.69) is 11.9 Å². The number of anilines is 1. The number of hydrogen-bond donors (Lipinski definition) is 1. The van der Waals surface area contributed by atoms with Crippen molar-refractivity contribution in [3.8, 4) is 0 Å². The molecule has 0 aliphatic heterocycles. The molecule has 0 aromatic heterocycles. The summed E-state index contributed by atoms with van der Waals surface area (Å²) < 4.78 is 0. The summed E-state index contributed by atoms with van der Waals surface area (Å²) in [5.41, 5.74) is 1.16. The van der Waals surface area contributed by atoms with E-state index in [4.69, 9.17) is 0 Å². The average Bonchev–Trinajstić information content (AvgIpc) is 2.90. The van der Waals surface area contributed by atoms with Crippen molar-refractivity contribution in [2.24, 2.45) is 0 Å². The van der Waals surface area contributed by atoms with E-state index in [1.165, 1.54) is 0 Å². The summed E-state index contributed by atoms with van der Waals surface area (Å²) in [5.74, 6) is 0. The smallest absolute Gasteiger partial charge is 0.0217 e. The molecule has 2 rings (SSSR count). The van der Waals surface area contributed by atoms with Gasteiger partial charge in [0.05, 0.1) is 0 Å². The van der Waals surface area contributed by atoms with Gasteiger partial charge in [-0.05, 0) is 0 Å². The third-order valence-electron chi connectivity index (χ3n) is 1.67. The van der Waals surface area contributed by atoms with Gasteiger partial charge in [0.25, 0.3) is 0 Å². The molecular formula is C13H15FeN-6. The van der Waals surface area contributed by atoms with E-state index in [1.807, 2.05) is 60.7 Å². The molecule has 2 heteroatoms. The molecule has 2 aromatic carbocycles. The Bertz CT molecular complexity index is 291. The second kappa shape index (κ2) is 9.32. The molecule has 1 nitrogen and oxygen atoms in total. The number of hydrogen-bond acceptors (Lipinski definition) is 1. The molecule has 0 amide bonds. The molecule has 0 radical (unpaired) electrons. The van der Waals surface area contributed by atoms with Gasteiger partial charge in [-0.3, -0.25) is 0 Å². The Balaban J connectivity index is 0.000000280. The van der Waals surface area contributed by atoms with Crippen LogP contribution in [0.3, 0.4) is 0 Å². The molecule has 15 heavy (non-hydrogen) atoms. The van der Waals surface area contributed by atoms with Gasteiger partial charge in [0.15, 0.2) is 0 Å². The van der Waals surface area contributed by atoms with E-state index in [9.17, 15) is 0 Å². The van der Waals surface area contributed by atoms with Crippen LogP contribution in [0.5, 0.6) is 0 Å². The second-order valence-corrected chi connectivity index (χ2v) is 2.81. The summed E-state index contributed by atoms with van der Waals surface area (Å²) in [4.78, 5) is 0. The largest absolute Gasteiger partial charge is 0.748 e. The van der Waals surface area contributed by atoms with Crippen LogP contribution in [0, 0.1) is 0 Å². The predicted octanol–water partition coefficient (Wildman–Crippen LogP) is 3.41. The SMILES string of the molecule is C=CCN[c-]1cccc1.[Fe].[cH-]1[cH-][cH-][cH-][cH-]1. The summed E-state index contributed by atoms with van der Waals surface area (Å²) in [6, 6.07) is 18.1. The first-order valence-electron chi connectivity index (χ1n) is 4.66. The first kappa shape index (κ1) is 13.8. The normalized spacial score (nSPS) is 8.00. The molecule has 0 saturated carbocycles. The summed E-state index contributed by atoms with van der Waals surface area (Å²) >= 11 is 0. The van der Waals surface area contributed by atoms with Gasteiger partial charge >= 0.3 is 0 Å². The van der Waals surface area contributed by atoms with Crippen molar-refractivity contribution in [1.82, 2.24) is 0 Å². The monoisotopic (exact) mass is 241 g/mol. The van der Waals surface area contributed by atoms with Crippen LogP contribution < -0.4 is 5.32 Å². The Kier molecular flexibility index (Phi) is 8.55. The van der Waals surface area contributed by atoms with Crippen molar-refractivity contribution in [1.29, 1.82) is 0 Å². The summed E-state index contributed by atoms with van der Waals surface area (Å²) in [7, 11) is 0. The summed E-state index contributed by atoms with van der Waals surface area (Å²) in [6.45, 7) is 4.43. The van der Waals surface area contributed by atoms with Gasteiger partial charge in [0, 0.05) is 23.6 Å². The minimum Gasteiger partial charge on any atom is -0.748 e. The molecule has 0 atom stereocenters. The molecule has 0 fully saturated rings. The standard InChI is InChI=1S/C8H10N.C5H5.Fe/c1-2-7-9-8-5-3-4-6-8;1-2-4-5-3-1;/h2-6,9H,1,7H2;1-5H;/q-1;-5;. The zero-order valence-electron chi connectivity index (χ0n) is 8.54. The maximum atomic E-state index is 3.60. The van der Waals surface area contributed by atoms with E-state index in [-0.39, 0.29) is 17.1 Å². The first-order chi connectivity index (χ1) is 6.93. The molecule has 0 unspecified atom stereocenters. The first-order valence-corrected chi connectivity index (χ1v) is 4.66. The van der Waals surface area contributed by atoms with Crippen LogP contribution >= 0.6 is 0 Å². The quantitative estimate of drug-likeness (QED) is 0.493. The number of rotatable bonds is 3. The zero-order chi connectivity index (χ0) is 10.1. The molecule has 0 bridgehead atoms. The van der Waals surface area contributed by atoms with Crippen LogP contribution in [-0.4, -0.2) is 6.54 Å². The second-order valence-electron chi connectivity index (χ2n) is 2.81. The van der Waals surface area contributed by atoms with E-state index in [0.29, 0.717) is 0 Å². The van der Waals surface area contributed by atoms with Crippen molar-refractivity contribution in [3.63, 3.8) is 0 Å². The Morgan fingerprint density at radius 1 is 1.07 bits per heavy atom. The van der Waals surface area contributed by atoms with Crippen LogP contribution in [0.2, 0.25) is 0 Å². The van der Waals surface area contributed by atoms with Crippen LogP contribution in [0.25, 0.3) is 0 Å². The Morgan fingerprint density at radius 2 is 1.53 bits per heavy atom. The minimum atomic E-state index is 0. The van der Waals surface area contributed by atoms with Gasteiger partial charge in [-0.15, -0.1) is 6.58 Å². The average molecular weight is 241 g/mol. The van der Waals surface area contributed by atoms with Crippen molar-refractivity contribution in [2.45, 2.75) is 0 Å². The van der Waals surface area contributed by atoms with Crippen molar-refractivity contribution in [2.75, 3.05) is 11.9 Å². The van der Waals surface area contributed by atoms with Crippen molar-refractivity contribution >= 4 is 5.69 Å². The Labute approximate surface area is 102 Å². The molecular weight excluding hydrogens is 226 g/mol. The van der Waals surface area contributed by atoms with Crippen LogP contribution in [0.15, 0.2) is 67.3 Å². The van der Waals surface area contributed by atoms with Gasteiger partial charge in [-0.1, -0.05) is 11.8 Å². The fourth-order valence-corrected chi connectivity index (χ4v) is 1.00. The van der Waals surface area contributed by atoms with Gasteiger partial charge < -0.3 is 35.6 Å². The molecule has 0 saturated heterocycles. The maximum absolute atomic E-state index is 3.60. The third kappa shape index (κ3) is 6.78. The van der Waals surface area contributed by atoms with E-state index in [0.717, 1.165) is 12.2 Å². The minimum absolute atomic E-state index is 0. The van der Waals surface area contributed by atoms with E-state index in [1.54, 1.807) is 0 Å². The van der Waals surface area contributed by atoms with Gasteiger partial charge in [0.2, 0.25) is 0 Å². The van der Waals surface area contributed by atoms with E-state index >= 15 is 0 Å². The maximum Gasteiger partial charge on any atom is 0.0217 e. The molecule has 0 aliphatic carbocycles. The topological polar surface area (TPSA) is 12.0 Å². The molecule has 0 heterocycles. The summed E-state index contributed by atoms with van der Waals surface area (Å²) in [5, 5.41) is 3.16. The predicted molar refractivity (Wildman–Crippen MR) is 62.8 cm³/mol.